The Morgan fingerprint density at radius 2 is 2.24 bits per heavy atom. The minimum atomic E-state index is -0.617. The number of aliphatic hydroxyl groups excluding tert-OH is 1. The first-order valence-electron chi connectivity index (χ1n) is 7.01. The highest BCUT2D eigenvalue weighted by atomic mass is 16.6. The first-order valence-corrected chi connectivity index (χ1v) is 7.01. The molecule has 3 N–H and O–H groups in total. The first kappa shape index (κ1) is 15.2. The topological polar surface area (TPSA) is 110 Å². The van der Waals surface area contributed by atoms with Crippen molar-refractivity contribution in [2.45, 2.75) is 31.7 Å². The minimum Gasteiger partial charge on any atom is -0.396 e. The number of para-hydroxylation sites is 1. The molecule has 0 radical (unpaired) electrons. The molecule has 1 aliphatic rings. The zero-order valence-electron chi connectivity index (χ0n) is 11.7. The van der Waals surface area contributed by atoms with Gasteiger partial charge in [0.25, 0.3) is 5.91 Å². The first-order chi connectivity index (χ1) is 10.1. The van der Waals surface area contributed by atoms with Crippen LogP contribution in [0, 0.1) is 10.1 Å². The number of piperidine rings is 1. The van der Waals surface area contributed by atoms with Gasteiger partial charge in [-0.25, -0.2) is 0 Å². The Balaban J connectivity index is 2.34. The zero-order chi connectivity index (χ0) is 15.4. The molecule has 1 saturated heterocycles. The van der Waals surface area contributed by atoms with Gasteiger partial charge in [-0.1, -0.05) is 6.07 Å². The summed E-state index contributed by atoms with van der Waals surface area (Å²) in [6.07, 6.45) is 3.15. The van der Waals surface area contributed by atoms with E-state index in [2.05, 4.69) is 0 Å². The Labute approximate surface area is 122 Å². The maximum atomic E-state index is 12.6. The maximum absolute atomic E-state index is 12.6. The quantitative estimate of drug-likeness (QED) is 0.497. The summed E-state index contributed by atoms with van der Waals surface area (Å²) in [5.41, 5.74) is 5.30. The average molecular weight is 293 g/mol. The average Bonchev–Trinajstić information content (AvgIpc) is 2.47. The van der Waals surface area contributed by atoms with E-state index in [4.69, 9.17) is 10.8 Å². The molecule has 0 bridgehead atoms. The van der Waals surface area contributed by atoms with E-state index in [9.17, 15) is 14.9 Å². The number of nitrogens with zero attached hydrogens (tertiary/aromatic N) is 2. The molecular formula is C14H19N3O4. The number of nitrogens with two attached hydrogens (primary N) is 1. The highest BCUT2D eigenvalue weighted by Crippen LogP contribution is 2.29. The molecule has 1 heterocycles. The Morgan fingerprint density at radius 3 is 2.90 bits per heavy atom. The Bertz CT molecular complexity index is 545. The molecule has 0 saturated carbocycles. The number of benzene rings is 1. The van der Waals surface area contributed by atoms with Gasteiger partial charge in [-0.3, -0.25) is 14.9 Å². The van der Waals surface area contributed by atoms with Crippen LogP contribution in [0.4, 0.5) is 11.4 Å². The number of carbonyl (C=O) groups excluding carboxylic acids is 1. The molecule has 0 aliphatic carbocycles. The molecule has 1 unspecified atom stereocenters. The molecular weight excluding hydrogens is 274 g/mol. The van der Waals surface area contributed by atoms with Crippen LogP contribution in [-0.2, 0) is 0 Å². The fraction of sp³-hybridized carbons (Fsp3) is 0.500. The number of rotatable bonds is 4. The van der Waals surface area contributed by atoms with Gasteiger partial charge in [-0.2, -0.15) is 0 Å². The van der Waals surface area contributed by atoms with Crippen LogP contribution in [-0.4, -0.2) is 40.0 Å². The number of hydrogen-bond donors (Lipinski definition) is 2. The number of carbonyl (C=O) groups is 1. The van der Waals surface area contributed by atoms with Crippen LogP contribution in [0.1, 0.15) is 36.0 Å². The highest BCUT2D eigenvalue weighted by Gasteiger charge is 2.32. The van der Waals surface area contributed by atoms with Crippen LogP contribution >= 0.6 is 0 Å². The highest BCUT2D eigenvalue weighted by molar-refractivity contribution is 6.00. The molecule has 21 heavy (non-hydrogen) atoms. The molecule has 1 aliphatic heterocycles. The summed E-state index contributed by atoms with van der Waals surface area (Å²) in [4.78, 5) is 24.8. The Morgan fingerprint density at radius 1 is 1.48 bits per heavy atom. The van der Waals surface area contributed by atoms with Crippen molar-refractivity contribution in [3.8, 4) is 0 Å². The van der Waals surface area contributed by atoms with Gasteiger partial charge in [-0.15, -0.1) is 0 Å². The van der Waals surface area contributed by atoms with Crippen LogP contribution in [0.15, 0.2) is 18.2 Å². The standard InChI is InChI=1S/C14H19N3O4/c15-12-6-3-5-11(13(12)17(20)21)14(19)16-8-2-1-4-10(16)7-9-18/h3,5-6,10,18H,1-2,4,7-9,15H2. The summed E-state index contributed by atoms with van der Waals surface area (Å²) in [7, 11) is 0. The van der Waals surface area contributed by atoms with Crippen molar-refractivity contribution in [3.63, 3.8) is 0 Å². The molecule has 7 nitrogen and oxygen atoms in total. The van der Waals surface area contributed by atoms with Gasteiger partial charge in [0.15, 0.2) is 0 Å². The lowest BCUT2D eigenvalue weighted by Gasteiger charge is -2.35. The number of nitrogen functional groups attached to an aromatic ring is 1. The lowest BCUT2D eigenvalue weighted by Crippen LogP contribution is -2.44. The molecule has 1 aromatic rings. The number of amides is 1. The SMILES string of the molecule is Nc1cccc(C(=O)N2CCCCC2CCO)c1[N+](=O)[O-]. The van der Waals surface area contributed by atoms with E-state index >= 15 is 0 Å². The van der Waals surface area contributed by atoms with Crippen molar-refractivity contribution in [1.82, 2.24) is 4.90 Å². The van der Waals surface area contributed by atoms with Gasteiger partial charge in [0, 0.05) is 19.2 Å². The summed E-state index contributed by atoms with van der Waals surface area (Å²) in [5, 5.41) is 20.3. The molecule has 0 spiro atoms. The molecule has 2 rings (SSSR count). The van der Waals surface area contributed by atoms with Crippen molar-refractivity contribution < 1.29 is 14.8 Å². The van der Waals surface area contributed by atoms with Crippen molar-refractivity contribution >= 4 is 17.3 Å². The summed E-state index contributed by atoms with van der Waals surface area (Å²) in [6.45, 7) is 0.545. The van der Waals surface area contributed by atoms with Gasteiger partial charge in [0.1, 0.15) is 11.3 Å². The normalized spacial score (nSPS) is 18.5. The van der Waals surface area contributed by atoms with E-state index in [1.165, 1.54) is 12.1 Å². The molecule has 1 atom stereocenters. The van der Waals surface area contributed by atoms with Gasteiger partial charge in [0.05, 0.1) is 4.92 Å². The molecule has 1 aromatic carbocycles. The van der Waals surface area contributed by atoms with E-state index < -0.39 is 4.92 Å². The van der Waals surface area contributed by atoms with Crippen molar-refractivity contribution in [2.75, 3.05) is 18.9 Å². The van der Waals surface area contributed by atoms with Crippen LogP contribution in [0.3, 0.4) is 0 Å². The van der Waals surface area contributed by atoms with Gasteiger partial charge >= 0.3 is 5.69 Å². The van der Waals surface area contributed by atoms with Crippen molar-refractivity contribution in [1.29, 1.82) is 0 Å². The fourth-order valence-electron chi connectivity index (χ4n) is 2.81. The molecule has 1 fully saturated rings. The monoisotopic (exact) mass is 293 g/mol. The van der Waals surface area contributed by atoms with Crippen molar-refractivity contribution in [3.05, 3.63) is 33.9 Å². The van der Waals surface area contributed by atoms with Crippen molar-refractivity contribution in [2.24, 2.45) is 0 Å². The lowest BCUT2D eigenvalue weighted by molar-refractivity contribution is -0.384. The van der Waals surface area contributed by atoms with E-state index in [0.29, 0.717) is 13.0 Å². The zero-order valence-corrected chi connectivity index (χ0v) is 11.7. The third-order valence-corrected chi connectivity index (χ3v) is 3.83. The van der Waals surface area contributed by atoms with Gasteiger partial charge < -0.3 is 15.7 Å². The van der Waals surface area contributed by atoms with Crippen LogP contribution in [0.5, 0.6) is 0 Å². The second kappa shape index (κ2) is 6.53. The second-order valence-corrected chi connectivity index (χ2v) is 5.16. The molecule has 0 aromatic heterocycles. The minimum absolute atomic E-state index is 0.00648. The smallest absolute Gasteiger partial charge is 0.304 e. The largest absolute Gasteiger partial charge is 0.396 e. The van der Waals surface area contributed by atoms with Crippen LogP contribution in [0.2, 0.25) is 0 Å². The predicted octanol–water partition coefficient (Wildman–Crippen LogP) is 1.55. The van der Waals surface area contributed by atoms with E-state index in [1.807, 2.05) is 0 Å². The summed E-state index contributed by atoms with van der Waals surface area (Å²) in [5.74, 6) is -0.382. The van der Waals surface area contributed by atoms with Crippen LogP contribution in [0.25, 0.3) is 0 Å². The van der Waals surface area contributed by atoms with E-state index in [0.717, 1.165) is 19.3 Å². The number of likely N-dealkylation sites (tertiary alicyclic amines) is 1. The third-order valence-electron chi connectivity index (χ3n) is 3.83. The fourth-order valence-corrected chi connectivity index (χ4v) is 2.81. The predicted molar refractivity (Wildman–Crippen MR) is 77.9 cm³/mol. The number of aliphatic hydroxyl groups is 1. The van der Waals surface area contributed by atoms with Crippen LogP contribution < -0.4 is 5.73 Å². The number of anilines is 1. The summed E-state index contributed by atoms with van der Waals surface area (Å²) in [6, 6.07) is 4.32. The third kappa shape index (κ3) is 3.13. The number of hydrogen-bond acceptors (Lipinski definition) is 5. The van der Waals surface area contributed by atoms with Gasteiger partial charge in [-0.05, 0) is 37.8 Å². The lowest BCUT2D eigenvalue weighted by atomic mass is 9.98. The Kier molecular flexibility index (Phi) is 4.74. The maximum Gasteiger partial charge on any atom is 0.304 e. The second-order valence-electron chi connectivity index (χ2n) is 5.16. The van der Waals surface area contributed by atoms with E-state index in [1.54, 1.807) is 11.0 Å². The molecule has 1 amide bonds. The molecule has 7 heteroatoms. The number of nitro benzene ring substituents is 1. The van der Waals surface area contributed by atoms with E-state index in [-0.39, 0.29) is 35.5 Å². The van der Waals surface area contributed by atoms with Gasteiger partial charge in [0.2, 0.25) is 0 Å². The summed E-state index contributed by atoms with van der Waals surface area (Å²) >= 11 is 0. The summed E-state index contributed by atoms with van der Waals surface area (Å²) < 4.78 is 0. The Hall–Kier alpha value is -2.15. The molecule has 114 valence electrons. The number of nitro groups is 1.